The standard InChI is InChI=1S/C15H22FNO/c1-2-5-14-6-3-4-9-17(14)15-8-7-13(16)10-12(15)11-18/h7-8,10,14,18H,2-6,9,11H2,1H3. The summed E-state index contributed by atoms with van der Waals surface area (Å²) in [6.45, 7) is 3.12. The summed E-state index contributed by atoms with van der Waals surface area (Å²) in [5.41, 5.74) is 1.72. The molecule has 0 radical (unpaired) electrons. The fourth-order valence-electron chi connectivity index (χ4n) is 2.91. The summed E-state index contributed by atoms with van der Waals surface area (Å²) in [6.07, 6.45) is 5.99. The third-order valence-electron chi connectivity index (χ3n) is 3.77. The zero-order chi connectivity index (χ0) is 13.0. The Kier molecular flexibility index (Phi) is 4.59. The molecule has 2 rings (SSSR count). The lowest BCUT2D eigenvalue weighted by Gasteiger charge is -2.38. The highest BCUT2D eigenvalue weighted by atomic mass is 19.1. The van der Waals surface area contributed by atoms with Crippen molar-refractivity contribution in [2.45, 2.75) is 51.7 Å². The molecule has 0 aromatic heterocycles. The molecule has 100 valence electrons. The molecule has 1 aliphatic rings. The van der Waals surface area contributed by atoms with E-state index in [0.29, 0.717) is 11.6 Å². The van der Waals surface area contributed by atoms with Crippen LogP contribution in [0, 0.1) is 5.82 Å². The van der Waals surface area contributed by atoms with E-state index in [0.717, 1.165) is 18.7 Å². The zero-order valence-corrected chi connectivity index (χ0v) is 11.0. The third kappa shape index (κ3) is 2.83. The molecule has 0 aliphatic carbocycles. The largest absolute Gasteiger partial charge is 0.392 e. The smallest absolute Gasteiger partial charge is 0.123 e. The van der Waals surface area contributed by atoms with E-state index in [4.69, 9.17) is 0 Å². The molecule has 1 aromatic carbocycles. The van der Waals surface area contributed by atoms with E-state index in [9.17, 15) is 9.50 Å². The molecular formula is C15H22FNO. The molecule has 1 heterocycles. The summed E-state index contributed by atoms with van der Waals surface area (Å²) in [6, 6.07) is 5.30. The van der Waals surface area contributed by atoms with E-state index in [-0.39, 0.29) is 12.4 Å². The summed E-state index contributed by atoms with van der Waals surface area (Å²) in [7, 11) is 0. The molecule has 2 nitrogen and oxygen atoms in total. The lowest BCUT2D eigenvalue weighted by atomic mass is 9.96. The second-order valence-electron chi connectivity index (χ2n) is 5.06. The van der Waals surface area contributed by atoms with Gasteiger partial charge in [-0.1, -0.05) is 13.3 Å². The predicted octanol–water partition coefficient (Wildman–Crippen LogP) is 3.48. The maximum atomic E-state index is 13.2. The van der Waals surface area contributed by atoms with E-state index < -0.39 is 0 Å². The molecule has 0 amide bonds. The molecular weight excluding hydrogens is 229 g/mol. The van der Waals surface area contributed by atoms with Crippen LogP contribution in [0.5, 0.6) is 0 Å². The van der Waals surface area contributed by atoms with Gasteiger partial charge < -0.3 is 10.0 Å². The average molecular weight is 251 g/mol. The minimum absolute atomic E-state index is 0.0948. The van der Waals surface area contributed by atoms with Gasteiger partial charge in [-0.3, -0.25) is 0 Å². The Bertz CT molecular complexity index is 392. The summed E-state index contributed by atoms with van der Waals surface area (Å²) < 4.78 is 13.2. The van der Waals surface area contributed by atoms with Crippen LogP contribution in [-0.2, 0) is 6.61 Å². The second-order valence-corrected chi connectivity index (χ2v) is 5.06. The van der Waals surface area contributed by atoms with Gasteiger partial charge in [-0.25, -0.2) is 4.39 Å². The minimum Gasteiger partial charge on any atom is -0.392 e. The number of aliphatic hydroxyl groups excluding tert-OH is 1. The number of hydrogen-bond acceptors (Lipinski definition) is 2. The first-order chi connectivity index (χ1) is 8.76. The van der Waals surface area contributed by atoms with Gasteiger partial charge in [0.15, 0.2) is 0 Å². The van der Waals surface area contributed by atoms with Gasteiger partial charge in [-0.15, -0.1) is 0 Å². The molecule has 1 unspecified atom stereocenters. The normalized spacial score (nSPS) is 20.2. The van der Waals surface area contributed by atoms with Crippen molar-refractivity contribution in [2.24, 2.45) is 0 Å². The van der Waals surface area contributed by atoms with Crippen molar-refractivity contribution in [3.63, 3.8) is 0 Å². The average Bonchev–Trinajstić information content (AvgIpc) is 2.40. The van der Waals surface area contributed by atoms with Crippen LogP contribution < -0.4 is 4.90 Å². The summed E-state index contributed by atoms with van der Waals surface area (Å²) in [4.78, 5) is 2.36. The maximum Gasteiger partial charge on any atom is 0.123 e. The van der Waals surface area contributed by atoms with Crippen LogP contribution in [0.25, 0.3) is 0 Å². The number of aliphatic hydroxyl groups is 1. The second kappa shape index (κ2) is 6.19. The highest BCUT2D eigenvalue weighted by Crippen LogP contribution is 2.30. The van der Waals surface area contributed by atoms with Crippen LogP contribution in [0.1, 0.15) is 44.6 Å². The van der Waals surface area contributed by atoms with Crippen molar-refractivity contribution >= 4 is 5.69 Å². The lowest BCUT2D eigenvalue weighted by Crippen LogP contribution is -2.40. The topological polar surface area (TPSA) is 23.5 Å². The van der Waals surface area contributed by atoms with Crippen LogP contribution in [-0.4, -0.2) is 17.7 Å². The number of hydrogen-bond donors (Lipinski definition) is 1. The Morgan fingerprint density at radius 2 is 2.22 bits per heavy atom. The van der Waals surface area contributed by atoms with E-state index in [1.807, 2.05) is 6.07 Å². The van der Waals surface area contributed by atoms with Gasteiger partial charge in [-0.2, -0.15) is 0 Å². The van der Waals surface area contributed by atoms with E-state index >= 15 is 0 Å². The number of rotatable bonds is 4. The Morgan fingerprint density at radius 3 is 2.94 bits per heavy atom. The summed E-state index contributed by atoms with van der Waals surface area (Å²) in [5, 5.41) is 9.40. The fraction of sp³-hybridized carbons (Fsp3) is 0.600. The number of benzene rings is 1. The van der Waals surface area contributed by atoms with Crippen LogP contribution in [0.3, 0.4) is 0 Å². The Hall–Kier alpha value is -1.09. The van der Waals surface area contributed by atoms with Crippen LogP contribution in [0.15, 0.2) is 18.2 Å². The third-order valence-corrected chi connectivity index (χ3v) is 3.77. The number of anilines is 1. The quantitative estimate of drug-likeness (QED) is 0.885. The van der Waals surface area contributed by atoms with Crippen LogP contribution >= 0.6 is 0 Å². The van der Waals surface area contributed by atoms with Crippen LogP contribution in [0.4, 0.5) is 10.1 Å². The Labute approximate surface area is 108 Å². The SMILES string of the molecule is CCCC1CCCCN1c1ccc(F)cc1CO. The number of nitrogens with zero attached hydrogens (tertiary/aromatic N) is 1. The van der Waals surface area contributed by atoms with Gasteiger partial charge in [0.05, 0.1) is 6.61 Å². The van der Waals surface area contributed by atoms with Gasteiger partial charge >= 0.3 is 0 Å². The van der Waals surface area contributed by atoms with E-state index in [1.165, 1.54) is 37.8 Å². The van der Waals surface area contributed by atoms with Gasteiger partial charge in [0.25, 0.3) is 0 Å². The molecule has 0 saturated carbocycles. The van der Waals surface area contributed by atoms with Crippen LogP contribution in [0.2, 0.25) is 0 Å². The fourth-order valence-corrected chi connectivity index (χ4v) is 2.91. The first-order valence-electron chi connectivity index (χ1n) is 6.92. The van der Waals surface area contributed by atoms with E-state index in [2.05, 4.69) is 11.8 Å². The molecule has 1 saturated heterocycles. The van der Waals surface area contributed by atoms with Crippen molar-refractivity contribution in [3.8, 4) is 0 Å². The Morgan fingerprint density at radius 1 is 1.39 bits per heavy atom. The highest BCUT2D eigenvalue weighted by molar-refractivity contribution is 5.54. The molecule has 18 heavy (non-hydrogen) atoms. The van der Waals surface area contributed by atoms with Crippen molar-refractivity contribution in [2.75, 3.05) is 11.4 Å². The van der Waals surface area contributed by atoms with Crippen molar-refractivity contribution in [3.05, 3.63) is 29.6 Å². The zero-order valence-electron chi connectivity index (χ0n) is 11.0. The molecule has 1 fully saturated rings. The minimum atomic E-state index is -0.271. The molecule has 1 N–H and O–H groups in total. The van der Waals surface area contributed by atoms with Crippen molar-refractivity contribution in [1.29, 1.82) is 0 Å². The number of piperidine rings is 1. The first-order valence-corrected chi connectivity index (χ1v) is 6.92. The number of halogens is 1. The molecule has 0 spiro atoms. The summed E-state index contributed by atoms with van der Waals surface area (Å²) in [5.74, 6) is -0.271. The Balaban J connectivity index is 2.27. The molecule has 1 aromatic rings. The van der Waals surface area contributed by atoms with Gasteiger partial charge in [0.1, 0.15) is 5.82 Å². The van der Waals surface area contributed by atoms with Gasteiger partial charge in [0, 0.05) is 23.8 Å². The molecule has 0 bridgehead atoms. The molecule has 3 heteroatoms. The van der Waals surface area contributed by atoms with Crippen molar-refractivity contribution in [1.82, 2.24) is 0 Å². The van der Waals surface area contributed by atoms with Crippen molar-refractivity contribution < 1.29 is 9.50 Å². The maximum absolute atomic E-state index is 13.2. The van der Waals surface area contributed by atoms with E-state index in [1.54, 1.807) is 0 Å². The summed E-state index contributed by atoms with van der Waals surface area (Å²) >= 11 is 0. The lowest BCUT2D eigenvalue weighted by molar-refractivity contribution is 0.280. The predicted molar refractivity (Wildman–Crippen MR) is 72.2 cm³/mol. The molecule has 1 aliphatic heterocycles. The first kappa shape index (κ1) is 13.3. The highest BCUT2D eigenvalue weighted by Gasteiger charge is 2.23. The van der Waals surface area contributed by atoms with Gasteiger partial charge in [-0.05, 0) is 43.9 Å². The van der Waals surface area contributed by atoms with Gasteiger partial charge in [0.2, 0.25) is 0 Å². The molecule has 1 atom stereocenters. The monoisotopic (exact) mass is 251 g/mol.